The highest BCUT2D eigenvalue weighted by atomic mass is 16.3. The van der Waals surface area contributed by atoms with Gasteiger partial charge in [0.05, 0.1) is 18.2 Å². The second-order valence-electron chi connectivity index (χ2n) is 5.69. The maximum Gasteiger partial charge on any atom is 0.256 e. The number of nitrogens with zero attached hydrogens (tertiary/aromatic N) is 2. The molecule has 1 aromatic carbocycles. The molecular formula is C16H20N2O2. The summed E-state index contributed by atoms with van der Waals surface area (Å²) in [5.41, 5.74) is 1.79. The van der Waals surface area contributed by atoms with E-state index in [4.69, 9.17) is 0 Å². The molecule has 0 saturated carbocycles. The number of benzene rings is 1. The van der Waals surface area contributed by atoms with Gasteiger partial charge in [0.2, 0.25) is 0 Å². The summed E-state index contributed by atoms with van der Waals surface area (Å²) in [5, 5.41) is 10.5. The molecule has 1 aliphatic rings. The van der Waals surface area contributed by atoms with Crippen LogP contribution in [0.4, 0.5) is 0 Å². The van der Waals surface area contributed by atoms with E-state index >= 15 is 0 Å². The fourth-order valence-electron chi connectivity index (χ4n) is 3.21. The summed E-state index contributed by atoms with van der Waals surface area (Å²) in [4.78, 5) is 14.6. The molecule has 2 aromatic rings. The van der Waals surface area contributed by atoms with E-state index in [2.05, 4.69) is 6.92 Å². The van der Waals surface area contributed by atoms with Crippen molar-refractivity contribution in [2.24, 2.45) is 13.0 Å². The van der Waals surface area contributed by atoms with E-state index in [1.54, 1.807) is 0 Å². The number of amides is 1. The summed E-state index contributed by atoms with van der Waals surface area (Å²) in [7, 11) is 1.95. The van der Waals surface area contributed by atoms with Crippen LogP contribution in [0.15, 0.2) is 30.5 Å². The largest absolute Gasteiger partial charge is 0.394 e. The van der Waals surface area contributed by atoms with Gasteiger partial charge in [-0.05, 0) is 18.4 Å². The van der Waals surface area contributed by atoms with Gasteiger partial charge in [0, 0.05) is 30.7 Å². The minimum Gasteiger partial charge on any atom is -0.394 e. The van der Waals surface area contributed by atoms with Gasteiger partial charge in [-0.1, -0.05) is 25.1 Å². The number of aryl methyl sites for hydroxylation is 1. The highest BCUT2D eigenvalue weighted by molar-refractivity contribution is 6.07. The van der Waals surface area contributed by atoms with E-state index in [1.807, 2.05) is 47.0 Å². The Labute approximate surface area is 118 Å². The first-order valence-electron chi connectivity index (χ1n) is 7.09. The van der Waals surface area contributed by atoms with E-state index < -0.39 is 0 Å². The van der Waals surface area contributed by atoms with Crippen molar-refractivity contribution in [1.29, 1.82) is 0 Å². The number of fused-ring (bicyclic) bond motifs is 1. The molecule has 1 saturated heterocycles. The maximum atomic E-state index is 12.8. The normalized spacial score (nSPS) is 22.6. The van der Waals surface area contributed by atoms with Gasteiger partial charge in [-0.3, -0.25) is 4.79 Å². The van der Waals surface area contributed by atoms with E-state index in [1.165, 1.54) is 0 Å². The summed E-state index contributed by atoms with van der Waals surface area (Å²) >= 11 is 0. The van der Waals surface area contributed by atoms with Crippen LogP contribution in [-0.2, 0) is 7.05 Å². The highest BCUT2D eigenvalue weighted by Gasteiger charge is 2.35. The van der Waals surface area contributed by atoms with Gasteiger partial charge in [-0.25, -0.2) is 0 Å². The first-order chi connectivity index (χ1) is 9.63. The number of carbonyl (C=O) groups is 1. The number of hydrogen-bond donors (Lipinski definition) is 1. The zero-order valence-corrected chi connectivity index (χ0v) is 11.9. The second-order valence-corrected chi connectivity index (χ2v) is 5.69. The summed E-state index contributed by atoms with van der Waals surface area (Å²) in [6.45, 7) is 2.86. The highest BCUT2D eigenvalue weighted by Crippen LogP contribution is 2.28. The zero-order chi connectivity index (χ0) is 14.3. The Bertz CT molecular complexity index is 647. The van der Waals surface area contributed by atoms with Crippen molar-refractivity contribution >= 4 is 16.8 Å². The van der Waals surface area contributed by atoms with Crippen molar-refractivity contribution in [3.63, 3.8) is 0 Å². The number of para-hydroxylation sites is 1. The lowest BCUT2D eigenvalue weighted by Crippen LogP contribution is -2.39. The predicted molar refractivity (Wildman–Crippen MR) is 78.6 cm³/mol. The standard InChI is InChI=1S/C16H20N2O2/c1-11-7-8-18(15(11)10-19)16(20)13-9-17(2)14-6-4-3-5-12(13)14/h3-6,9,11,15,19H,7-8,10H2,1-2H3. The first kappa shape index (κ1) is 13.2. The lowest BCUT2D eigenvalue weighted by molar-refractivity contribution is 0.0650. The van der Waals surface area contributed by atoms with Gasteiger partial charge in [0.25, 0.3) is 5.91 Å². The van der Waals surface area contributed by atoms with Crippen LogP contribution in [0.25, 0.3) is 10.9 Å². The minimum atomic E-state index is -0.0542. The van der Waals surface area contributed by atoms with E-state index in [0.29, 0.717) is 5.92 Å². The van der Waals surface area contributed by atoms with Crippen LogP contribution >= 0.6 is 0 Å². The molecule has 0 radical (unpaired) electrons. The van der Waals surface area contributed by atoms with Crippen LogP contribution < -0.4 is 0 Å². The van der Waals surface area contributed by atoms with Crippen molar-refractivity contribution in [3.05, 3.63) is 36.0 Å². The van der Waals surface area contributed by atoms with Crippen molar-refractivity contribution in [3.8, 4) is 0 Å². The predicted octanol–water partition coefficient (Wildman–Crippen LogP) is 2.02. The summed E-state index contributed by atoms with van der Waals surface area (Å²) in [6, 6.07) is 7.87. The number of rotatable bonds is 2. The molecule has 0 aliphatic carbocycles. The minimum absolute atomic E-state index is 0.0326. The van der Waals surface area contributed by atoms with Gasteiger partial charge in [0.1, 0.15) is 0 Å². The molecule has 1 aromatic heterocycles. The lowest BCUT2D eigenvalue weighted by atomic mass is 10.0. The molecule has 3 rings (SSSR count). The Morgan fingerprint density at radius 3 is 2.90 bits per heavy atom. The van der Waals surface area contributed by atoms with Crippen LogP contribution in [0.5, 0.6) is 0 Å². The van der Waals surface area contributed by atoms with Gasteiger partial charge in [0.15, 0.2) is 0 Å². The monoisotopic (exact) mass is 272 g/mol. The molecule has 2 atom stereocenters. The van der Waals surface area contributed by atoms with E-state index in [0.717, 1.165) is 29.4 Å². The number of aliphatic hydroxyl groups excluding tert-OH is 1. The van der Waals surface area contributed by atoms with Crippen LogP contribution in [0.3, 0.4) is 0 Å². The molecule has 4 heteroatoms. The van der Waals surface area contributed by atoms with E-state index in [9.17, 15) is 9.90 Å². The summed E-state index contributed by atoms with van der Waals surface area (Å²) < 4.78 is 1.98. The molecule has 1 N–H and O–H groups in total. The van der Waals surface area contributed by atoms with E-state index in [-0.39, 0.29) is 18.6 Å². The van der Waals surface area contributed by atoms with Gasteiger partial charge >= 0.3 is 0 Å². The molecule has 1 amide bonds. The molecule has 0 bridgehead atoms. The lowest BCUT2D eigenvalue weighted by Gasteiger charge is -2.25. The third-order valence-corrected chi connectivity index (χ3v) is 4.46. The Kier molecular flexibility index (Phi) is 3.26. The van der Waals surface area contributed by atoms with Gasteiger partial charge in [-0.2, -0.15) is 0 Å². The Morgan fingerprint density at radius 1 is 1.40 bits per heavy atom. The average Bonchev–Trinajstić information content (AvgIpc) is 2.99. The van der Waals surface area contributed by atoms with Crippen molar-refractivity contribution in [1.82, 2.24) is 9.47 Å². The average molecular weight is 272 g/mol. The number of aromatic nitrogens is 1. The molecule has 4 nitrogen and oxygen atoms in total. The number of hydrogen-bond acceptors (Lipinski definition) is 2. The van der Waals surface area contributed by atoms with Crippen LogP contribution in [0.1, 0.15) is 23.7 Å². The fraction of sp³-hybridized carbons (Fsp3) is 0.438. The second kappa shape index (κ2) is 4.94. The van der Waals surface area contributed by atoms with Crippen molar-refractivity contribution < 1.29 is 9.90 Å². The molecule has 2 heterocycles. The molecule has 0 spiro atoms. The quantitative estimate of drug-likeness (QED) is 0.909. The molecule has 106 valence electrons. The van der Waals surface area contributed by atoms with Gasteiger partial charge < -0.3 is 14.6 Å². The Hall–Kier alpha value is -1.81. The number of carbonyl (C=O) groups excluding carboxylic acids is 1. The topological polar surface area (TPSA) is 45.5 Å². The van der Waals surface area contributed by atoms with Crippen LogP contribution in [0.2, 0.25) is 0 Å². The molecule has 20 heavy (non-hydrogen) atoms. The Balaban J connectivity index is 2.01. The third-order valence-electron chi connectivity index (χ3n) is 4.46. The molecule has 2 unspecified atom stereocenters. The smallest absolute Gasteiger partial charge is 0.256 e. The third kappa shape index (κ3) is 1.91. The fourth-order valence-corrected chi connectivity index (χ4v) is 3.21. The molecule has 1 fully saturated rings. The SMILES string of the molecule is CC1CCN(C(=O)c2cn(C)c3ccccc23)C1CO. The first-order valence-corrected chi connectivity index (χ1v) is 7.09. The zero-order valence-electron chi connectivity index (χ0n) is 11.9. The van der Waals surface area contributed by atoms with Crippen LogP contribution in [0, 0.1) is 5.92 Å². The Morgan fingerprint density at radius 2 is 2.15 bits per heavy atom. The summed E-state index contributed by atoms with van der Waals surface area (Å²) in [6.07, 6.45) is 2.85. The maximum absolute atomic E-state index is 12.8. The molecule has 1 aliphatic heterocycles. The van der Waals surface area contributed by atoms with Crippen molar-refractivity contribution in [2.45, 2.75) is 19.4 Å². The summed E-state index contributed by atoms with van der Waals surface area (Å²) in [5.74, 6) is 0.393. The molecular weight excluding hydrogens is 252 g/mol. The number of aliphatic hydroxyl groups is 1. The van der Waals surface area contributed by atoms with Crippen molar-refractivity contribution in [2.75, 3.05) is 13.2 Å². The number of likely N-dealkylation sites (tertiary alicyclic amines) is 1. The van der Waals surface area contributed by atoms with Crippen LogP contribution in [-0.4, -0.2) is 39.7 Å². The van der Waals surface area contributed by atoms with Gasteiger partial charge in [-0.15, -0.1) is 0 Å².